The molecule has 1 aliphatic rings. The van der Waals surface area contributed by atoms with Crippen LogP contribution in [0.5, 0.6) is 0 Å². The van der Waals surface area contributed by atoms with E-state index < -0.39 is 0 Å². The normalized spacial score (nSPS) is 16.8. The van der Waals surface area contributed by atoms with Crippen molar-refractivity contribution in [3.63, 3.8) is 0 Å². The van der Waals surface area contributed by atoms with E-state index in [0.717, 1.165) is 51.2 Å². The van der Waals surface area contributed by atoms with Crippen LogP contribution < -0.4 is 0 Å². The second-order valence-electron chi connectivity index (χ2n) is 7.76. The van der Waals surface area contributed by atoms with Crippen molar-refractivity contribution in [3.05, 3.63) is 93.0 Å². The zero-order chi connectivity index (χ0) is 22.8. The maximum atomic E-state index is 4.26. The van der Waals surface area contributed by atoms with Crippen LogP contribution in [0.25, 0.3) is 0 Å². The molecule has 0 nitrogen and oxygen atoms in total. The Morgan fingerprint density at radius 3 is 2.10 bits per heavy atom. The SMILES string of the molecule is C=C1CC1C#Cc1ccc(C#C/C(CC)=C(C)/C=C(\C)C#C/C(C)=C/C=C(\C)S)cc1. The summed E-state index contributed by atoms with van der Waals surface area (Å²) >= 11 is 4.26. The van der Waals surface area contributed by atoms with Crippen LogP contribution in [0, 0.1) is 41.4 Å². The first-order valence-electron chi connectivity index (χ1n) is 10.5. The van der Waals surface area contributed by atoms with Gasteiger partial charge in [-0.2, -0.15) is 0 Å². The van der Waals surface area contributed by atoms with E-state index in [1.807, 2.05) is 57.2 Å². The molecule has 2 rings (SSSR count). The number of thiol groups is 1. The molecule has 1 fully saturated rings. The van der Waals surface area contributed by atoms with Gasteiger partial charge in [0, 0.05) is 22.6 Å². The van der Waals surface area contributed by atoms with Crippen LogP contribution in [0.4, 0.5) is 0 Å². The fourth-order valence-corrected chi connectivity index (χ4v) is 2.78. The van der Waals surface area contributed by atoms with Gasteiger partial charge >= 0.3 is 0 Å². The Bertz CT molecular complexity index is 1140. The van der Waals surface area contributed by atoms with Gasteiger partial charge in [0.25, 0.3) is 0 Å². The molecular weight excluding hydrogens is 392 g/mol. The largest absolute Gasteiger partial charge is 0.148 e. The highest BCUT2D eigenvalue weighted by molar-refractivity contribution is 7.84. The average Bonchev–Trinajstić information content (AvgIpc) is 3.45. The molecule has 1 aliphatic carbocycles. The third-order valence-corrected chi connectivity index (χ3v) is 4.88. The summed E-state index contributed by atoms with van der Waals surface area (Å²) in [7, 11) is 0. The Hall–Kier alpha value is -3.05. The summed E-state index contributed by atoms with van der Waals surface area (Å²) in [6, 6.07) is 8.13. The molecule has 0 aliphatic heterocycles. The Kier molecular flexibility index (Phi) is 9.35. The zero-order valence-electron chi connectivity index (χ0n) is 19.2. The van der Waals surface area contributed by atoms with E-state index in [4.69, 9.17) is 0 Å². The molecule has 156 valence electrons. The van der Waals surface area contributed by atoms with E-state index in [1.165, 1.54) is 5.57 Å². The summed E-state index contributed by atoms with van der Waals surface area (Å²) in [6.45, 7) is 14.1. The molecule has 0 spiro atoms. The van der Waals surface area contributed by atoms with Crippen LogP contribution in [0.2, 0.25) is 0 Å². The predicted molar refractivity (Wildman–Crippen MR) is 138 cm³/mol. The summed E-state index contributed by atoms with van der Waals surface area (Å²) in [5.41, 5.74) is 7.56. The van der Waals surface area contributed by atoms with E-state index in [2.05, 4.69) is 74.7 Å². The standard InChI is InChI=1S/C30H30S/c1-7-29(24(4)20-23(3)9-8-22(2)10-11-26(6)31)18-16-27-12-14-28(15-13-27)17-19-30-21-25(30)5/h10-15,20,30-31H,5,7,21H2,1-4,6H3/b22-10+,23-20+,26-11+,29-24+. The number of hydrogen-bond donors (Lipinski definition) is 1. The number of hydrogen-bond acceptors (Lipinski definition) is 1. The molecule has 1 atom stereocenters. The van der Waals surface area contributed by atoms with Gasteiger partial charge in [-0.15, -0.1) is 12.6 Å². The molecule has 1 heteroatoms. The molecule has 0 heterocycles. The monoisotopic (exact) mass is 422 g/mol. The minimum atomic E-state index is 0.398. The Labute approximate surface area is 194 Å². The smallest absolute Gasteiger partial charge is 0.0451 e. The predicted octanol–water partition coefficient (Wildman–Crippen LogP) is 7.42. The highest BCUT2D eigenvalue weighted by atomic mass is 32.1. The molecule has 1 unspecified atom stereocenters. The number of benzene rings is 1. The van der Waals surface area contributed by atoms with Crippen molar-refractivity contribution in [2.75, 3.05) is 0 Å². The van der Waals surface area contributed by atoms with Gasteiger partial charge in [-0.3, -0.25) is 0 Å². The summed E-state index contributed by atoms with van der Waals surface area (Å²) in [5.74, 6) is 19.9. The van der Waals surface area contributed by atoms with Crippen LogP contribution in [-0.2, 0) is 0 Å². The Morgan fingerprint density at radius 2 is 1.55 bits per heavy atom. The van der Waals surface area contributed by atoms with Crippen LogP contribution >= 0.6 is 12.6 Å². The average molecular weight is 423 g/mol. The molecule has 0 aromatic heterocycles. The van der Waals surface area contributed by atoms with Crippen molar-refractivity contribution < 1.29 is 0 Å². The van der Waals surface area contributed by atoms with Gasteiger partial charge in [-0.1, -0.05) is 66.8 Å². The fraction of sp³-hybridized carbons (Fsp3) is 0.267. The highest BCUT2D eigenvalue weighted by Crippen LogP contribution is 2.34. The quantitative estimate of drug-likeness (QED) is 0.223. The molecule has 1 saturated carbocycles. The van der Waals surface area contributed by atoms with Gasteiger partial charge in [-0.25, -0.2) is 0 Å². The van der Waals surface area contributed by atoms with E-state index in [0.29, 0.717) is 5.92 Å². The molecule has 1 aromatic rings. The zero-order valence-corrected chi connectivity index (χ0v) is 20.1. The third-order valence-electron chi connectivity index (χ3n) is 4.73. The van der Waals surface area contributed by atoms with E-state index in [9.17, 15) is 0 Å². The third kappa shape index (κ3) is 9.09. The summed E-state index contributed by atoms with van der Waals surface area (Å²) in [6.07, 6.45) is 7.97. The van der Waals surface area contributed by atoms with Crippen molar-refractivity contribution in [2.24, 2.45) is 5.92 Å². The fourth-order valence-electron chi connectivity index (χ4n) is 2.71. The summed E-state index contributed by atoms with van der Waals surface area (Å²) in [5, 5.41) is 0. The van der Waals surface area contributed by atoms with Gasteiger partial charge < -0.3 is 0 Å². The maximum Gasteiger partial charge on any atom is 0.0451 e. The van der Waals surface area contributed by atoms with Crippen molar-refractivity contribution in [1.82, 2.24) is 0 Å². The molecule has 0 N–H and O–H groups in total. The molecule has 0 saturated heterocycles. The number of allylic oxidation sites excluding steroid dienone is 9. The molecule has 0 amide bonds. The van der Waals surface area contributed by atoms with Gasteiger partial charge in [0.1, 0.15) is 0 Å². The Balaban J connectivity index is 2.12. The van der Waals surface area contributed by atoms with Gasteiger partial charge in [-0.05, 0) is 92.5 Å². The van der Waals surface area contributed by atoms with Crippen molar-refractivity contribution in [2.45, 2.75) is 47.5 Å². The minimum Gasteiger partial charge on any atom is -0.148 e. The highest BCUT2D eigenvalue weighted by Gasteiger charge is 2.24. The lowest BCUT2D eigenvalue weighted by Crippen LogP contribution is -1.84. The first-order valence-corrected chi connectivity index (χ1v) is 11.0. The lowest BCUT2D eigenvalue weighted by Gasteiger charge is -2.00. The molecule has 0 radical (unpaired) electrons. The maximum absolute atomic E-state index is 4.26. The van der Waals surface area contributed by atoms with Gasteiger partial charge in [0.15, 0.2) is 0 Å². The summed E-state index contributed by atoms with van der Waals surface area (Å²) < 4.78 is 0. The first-order chi connectivity index (χ1) is 14.8. The van der Waals surface area contributed by atoms with Crippen LogP contribution in [0.1, 0.15) is 58.6 Å². The Morgan fingerprint density at radius 1 is 0.968 bits per heavy atom. The van der Waals surface area contributed by atoms with Crippen LogP contribution in [-0.4, -0.2) is 0 Å². The van der Waals surface area contributed by atoms with E-state index >= 15 is 0 Å². The molecule has 1 aromatic carbocycles. The van der Waals surface area contributed by atoms with Gasteiger partial charge in [0.05, 0.1) is 0 Å². The van der Waals surface area contributed by atoms with Crippen LogP contribution in [0.15, 0.2) is 81.8 Å². The second kappa shape index (κ2) is 12.0. The van der Waals surface area contributed by atoms with Crippen molar-refractivity contribution >= 4 is 12.6 Å². The number of rotatable bonds is 3. The van der Waals surface area contributed by atoms with E-state index in [1.54, 1.807) is 0 Å². The van der Waals surface area contributed by atoms with Crippen LogP contribution in [0.3, 0.4) is 0 Å². The minimum absolute atomic E-state index is 0.398. The van der Waals surface area contributed by atoms with Crippen molar-refractivity contribution in [1.29, 1.82) is 0 Å². The molecular formula is C30H30S. The molecule has 31 heavy (non-hydrogen) atoms. The second-order valence-corrected chi connectivity index (χ2v) is 8.47. The summed E-state index contributed by atoms with van der Waals surface area (Å²) in [4.78, 5) is 0.963. The van der Waals surface area contributed by atoms with E-state index in [-0.39, 0.29) is 0 Å². The lowest BCUT2D eigenvalue weighted by molar-refractivity contribution is 1.13. The molecule has 0 bridgehead atoms. The topological polar surface area (TPSA) is 0 Å². The first kappa shape index (κ1) is 24.2. The van der Waals surface area contributed by atoms with Crippen molar-refractivity contribution in [3.8, 4) is 35.5 Å². The lowest BCUT2D eigenvalue weighted by atomic mass is 10.0. The van der Waals surface area contributed by atoms with Gasteiger partial charge in [0.2, 0.25) is 0 Å².